The van der Waals surface area contributed by atoms with E-state index in [1.54, 1.807) is 0 Å². The molecule has 0 aliphatic heterocycles. The molecule has 7 heteroatoms. The van der Waals surface area contributed by atoms with Crippen LogP contribution in [0, 0.1) is 0 Å². The van der Waals surface area contributed by atoms with Crippen LogP contribution in [0.5, 0.6) is 0 Å². The Morgan fingerprint density at radius 2 is 1.41 bits per heavy atom. The highest BCUT2D eigenvalue weighted by atomic mass is 32.2. The third-order valence-electron chi connectivity index (χ3n) is 2.90. The summed E-state index contributed by atoms with van der Waals surface area (Å²) >= 11 is 0. The average molecular weight is 267 g/mol. The van der Waals surface area contributed by atoms with E-state index in [4.69, 9.17) is 11.5 Å². The summed E-state index contributed by atoms with van der Waals surface area (Å²) in [6.07, 6.45) is 2.19. The first-order valence-electron chi connectivity index (χ1n) is 6.00. The van der Waals surface area contributed by atoms with Crippen molar-refractivity contribution < 1.29 is 17.5 Å². The van der Waals surface area contributed by atoms with Crippen LogP contribution in [0.4, 0.5) is 0 Å². The second kappa shape index (κ2) is 7.99. The highest BCUT2D eigenvalue weighted by Gasteiger charge is 2.20. The van der Waals surface area contributed by atoms with E-state index in [9.17, 15) is 13.0 Å². The van der Waals surface area contributed by atoms with Gasteiger partial charge in [0.05, 0.1) is 36.8 Å². The van der Waals surface area contributed by atoms with Crippen molar-refractivity contribution in [1.29, 1.82) is 0 Å². The first-order valence-corrected chi connectivity index (χ1v) is 7.58. The summed E-state index contributed by atoms with van der Waals surface area (Å²) in [6, 6.07) is 0. The number of rotatable bonds is 10. The molecule has 0 saturated carbocycles. The second-order valence-electron chi connectivity index (χ2n) is 4.69. The molecule has 0 fully saturated rings. The molecule has 0 saturated heterocycles. The minimum Gasteiger partial charge on any atom is -0.748 e. The van der Waals surface area contributed by atoms with E-state index < -0.39 is 10.1 Å². The van der Waals surface area contributed by atoms with Gasteiger partial charge >= 0.3 is 0 Å². The smallest absolute Gasteiger partial charge is 0.0948 e. The molecule has 0 aromatic heterocycles. The van der Waals surface area contributed by atoms with Gasteiger partial charge in [0.2, 0.25) is 0 Å². The maximum atomic E-state index is 10.5. The lowest BCUT2D eigenvalue weighted by molar-refractivity contribution is -0.909. The first kappa shape index (κ1) is 16.8. The molecule has 6 nitrogen and oxygen atoms in total. The molecule has 0 aliphatic rings. The van der Waals surface area contributed by atoms with Crippen molar-refractivity contribution in [2.45, 2.75) is 19.3 Å². The molecule has 0 spiro atoms. The fourth-order valence-electron chi connectivity index (χ4n) is 1.90. The molecule has 0 atom stereocenters. The zero-order valence-corrected chi connectivity index (χ0v) is 11.4. The zero-order chi connectivity index (χ0) is 13.4. The highest BCUT2D eigenvalue weighted by Crippen LogP contribution is 2.08. The van der Waals surface area contributed by atoms with Crippen molar-refractivity contribution in [3.05, 3.63) is 0 Å². The van der Waals surface area contributed by atoms with Gasteiger partial charge < -0.3 is 20.5 Å². The predicted octanol–water partition coefficient (Wildman–Crippen LogP) is -0.934. The van der Waals surface area contributed by atoms with Gasteiger partial charge in [-0.25, -0.2) is 8.42 Å². The maximum absolute atomic E-state index is 10.5. The Morgan fingerprint density at radius 1 is 1.00 bits per heavy atom. The maximum Gasteiger partial charge on any atom is 0.0948 e. The van der Waals surface area contributed by atoms with Crippen molar-refractivity contribution in [1.82, 2.24) is 0 Å². The standard InChI is InChI=1S/C10H25N3O3S/c1-13(7-2-5-11,8-3-6-12)9-4-10-17(14,15)16/h2-12H2,1H3. The molecule has 104 valence electrons. The van der Waals surface area contributed by atoms with Crippen molar-refractivity contribution in [3.8, 4) is 0 Å². The molecule has 0 rings (SSSR count). The van der Waals surface area contributed by atoms with Gasteiger partial charge in [-0.1, -0.05) is 0 Å². The highest BCUT2D eigenvalue weighted by molar-refractivity contribution is 7.85. The molecule has 0 aromatic carbocycles. The lowest BCUT2D eigenvalue weighted by Gasteiger charge is -2.35. The van der Waals surface area contributed by atoms with Crippen molar-refractivity contribution in [2.24, 2.45) is 11.5 Å². The molecular formula is C10H25N3O3S. The van der Waals surface area contributed by atoms with Crippen LogP contribution >= 0.6 is 0 Å². The van der Waals surface area contributed by atoms with Gasteiger partial charge in [0.1, 0.15) is 0 Å². The Kier molecular flexibility index (Phi) is 7.89. The quantitative estimate of drug-likeness (QED) is 0.392. The predicted molar refractivity (Wildman–Crippen MR) is 67.3 cm³/mol. The van der Waals surface area contributed by atoms with Crippen LogP contribution in [0.25, 0.3) is 0 Å². The average Bonchev–Trinajstić information content (AvgIpc) is 2.22. The van der Waals surface area contributed by atoms with E-state index in [1.807, 2.05) is 0 Å². The molecule has 0 bridgehead atoms. The number of nitrogens with zero attached hydrogens (tertiary/aromatic N) is 1. The minimum absolute atomic E-state index is 0.286. The lowest BCUT2D eigenvalue weighted by atomic mass is 10.2. The van der Waals surface area contributed by atoms with Gasteiger partial charge in [0, 0.05) is 25.0 Å². The minimum atomic E-state index is -4.10. The fourth-order valence-corrected chi connectivity index (χ4v) is 2.39. The van der Waals surface area contributed by atoms with Gasteiger partial charge in [-0.3, -0.25) is 0 Å². The van der Waals surface area contributed by atoms with Crippen LogP contribution < -0.4 is 11.5 Å². The SMILES string of the molecule is C[N+](CCCN)(CCCN)CCCS(=O)(=O)[O-]. The van der Waals surface area contributed by atoms with Gasteiger partial charge in [-0.15, -0.1) is 0 Å². The van der Waals surface area contributed by atoms with Crippen LogP contribution in [0.3, 0.4) is 0 Å². The molecule has 0 aliphatic carbocycles. The van der Waals surface area contributed by atoms with E-state index in [0.29, 0.717) is 26.1 Å². The Morgan fingerprint density at radius 3 is 1.76 bits per heavy atom. The Labute approximate surface area is 104 Å². The third kappa shape index (κ3) is 9.49. The van der Waals surface area contributed by atoms with Gasteiger partial charge in [0.15, 0.2) is 0 Å². The number of hydrogen-bond donors (Lipinski definition) is 2. The molecule has 0 amide bonds. The van der Waals surface area contributed by atoms with Crippen LogP contribution in [0.1, 0.15) is 19.3 Å². The van der Waals surface area contributed by atoms with Crippen molar-refractivity contribution in [2.75, 3.05) is 45.5 Å². The lowest BCUT2D eigenvalue weighted by Crippen LogP contribution is -2.47. The molecule has 0 unspecified atom stereocenters. The summed E-state index contributed by atoms with van der Waals surface area (Å²) < 4.78 is 32.4. The summed E-state index contributed by atoms with van der Waals surface area (Å²) in [6.45, 7) is 3.72. The summed E-state index contributed by atoms with van der Waals surface area (Å²) in [5, 5.41) is 0. The normalized spacial score (nSPS) is 12.9. The van der Waals surface area contributed by atoms with E-state index >= 15 is 0 Å². The van der Waals surface area contributed by atoms with Crippen LogP contribution in [0.15, 0.2) is 0 Å². The fraction of sp³-hybridized carbons (Fsp3) is 1.00. The number of hydrogen-bond acceptors (Lipinski definition) is 5. The second-order valence-corrected chi connectivity index (χ2v) is 6.21. The zero-order valence-electron chi connectivity index (χ0n) is 10.6. The molecule has 0 radical (unpaired) electrons. The van der Waals surface area contributed by atoms with Gasteiger partial charge in [-0.05, 0) is 13.1 Å². The molecular weight excluding hydrogens is 242 g/mol. The van der Waals surface area contributed by atoms with Gasteiger partial charge in [0.25, 0.3) is 0 Å². The number of nitrogens with two attached hydrogens (primary N) is 2. The monoisotopic (exact) mass is 267 g/mol. The summed E-state index contributed by atoms with van der Waals surface area (Å²) in [4.78, 5) is 0. The summed E-state index contributed by atoms with van der Waals surface area (Å²) in [5.74, 6) is -0.286. The van der Waals surface area contributed by atoms with Crippen molar-refractivity contribution in [3.63, 3.8) is 0 Å². The van der Waals surface area contributed by atoms with E-state index in [2.05, 4.69) is 7.05 Å². The molecule has 17 heavy (non-hydrogen) atoms. The topological polar surface area (TPSA) is 109 Å². The number of quaternary nitrogens is 1. The molecule has 4 N–H and O–H groups in total. The molecule has 0 heterocycles. The van der Waals surface area contributed by atoms with E-state index in [-0.39, 0.29) is 5.75 Å². The third-order valence-corrected chi connectivity index (χ3v) is 3.69. The van der Waals surface area contributed by atoms with Crippen LogP contribution in [-0.4, -0.2) is 63.0 Å². The van der Waals surface area contributed by atoms with Crippen molar-refractivity contribution >= 4 is 10.1 Å². The Bertz CT molecular complexity index is 285. The molecule has 0 aromatic rings. The Balaban J connectivity index is 4.17. The van der Waals surface area contributed by atoms with Crippen LogP contribution in [-0.2, 0) is 10.1 Å². The summed E-state index contributed by atoms with van der Waals surface area (Å²) in [5.41, 5.74) is 11.0. The first-order chi connectivity index (χ1) is 7.83. The van der Waals surface area contributed by atoms with Gasteiger partial charge in [-0.2, -0.15) is 0 Å². The Hall–Kier alpha value is -0.210. The largest absolute Gasteiger partial charge is 0.748 e. The summed E-state index contributed by atoms with van der Waals surface area (Å²) in [7, 11) is -2.04. The van der Waals surface area contributed by atoms with Crippen LogP contribution in [0.2, 0.25) is 0 Å². The van der Waals surface area contributed by atoms with E-state index in [0.717, 1.165) is 30.4 Å². The van der Waals surface area contributed by atoms with E-state index in [1.165, 1.54) is 0 Å².